The third-order valence-electron chi connectivity index (χ3n) is 5.16. The molecule has 1 aliphatic heterocycles. The molecule has 1 aromatic carbocycles. The summed E-state index contributed by atoms with van der Waals surface area (Å²) in [6.45, 7) is 5.46. The molecule has 4 rings (SSSR count). The van der Waals surface area contributed by atoms with Crippen LogP contribution in [0.1, 0.15) is 25.3 Å². The topological polar surface area (TPSA) is 31.9 Å². The van der Waals surface area contributed by atoms with Crippen molar-refractivity contribution in [2.75, 3.05) is 19.6 Å². The summed E-state index contributed by atoms with van der Waals surface area (Å²) in [6.07, 6.45) is 10.3. The van der Waals surface area contributed by atoms with Crippen molar-refractivity contribution in [1.82, 2.24) is 14.9 Å². The first-order valence-corrected chi connectivity index (χ1v) is 9.55. The van der Waals surface area contributed by atoms with Crippen molar-refractivity contribution in [3.05, 3.63) is 72.4 Å². The molecule has 138 valence electrons. The average molecular weight is 361 g/mol. The van der Waals surface area contributed by atoms with Gasteiger partial charge in [-0.3, -0.25) is 9.88 Å². The van der Waals surface area contributed by atoms with Crippen molar-refractivity contribution in [3.63, 3.8) is 0 Å². The van der Waals surface area contributed by atoms with Crippen molar-refractivity contribution in [2.24, 2.45) is 0 Å². The highest BCUT2D eigenvalue weighted by Gasteiger charge is 2.20. The van der Waals surface area contributed by atoms with Gasteiger partial charge in [-0.05, 0) is 72.5 Å². The lowest BCUT2D eigenvalue weighted by Gasteiger charge is -2.26. The van der Waals surface area contributed by atoms with Crippen LogP contribution in [-0.2, 0) is 0 Å². The number of hydrogen-bond donors (Lipinski definition) is 1. The van der Waals surface area contributed by atoms with E-state index in [2.05, 4.69) is 34.1 Å². The number of benzene rings is 1. The normalized spacial score (nSPS) is 15.0. The van der Waals surface area contributed by atoms with Crippen molar-refractivity contribution in [3.8, 4) is 22.4 Å². The fourth-order valence-corrected chi connectivity index (χ4v) is 3.81. The van der Waals surface area contributed by atoms with Crippen LogP contribution < -0.4 is 0 Å². The maximum absolute atomic E-state index is 13.4. The molecular weight excluding hydrogens is 337 g/mol. The van der Waals surface area contributed by atoms with Crippen LogP contribution in [0.15, 0.2) is 61.1 Å². The lowest BCUT2D eigenvalue weighted by atomic mass is 9.92. The van der Waals surface area contributed by atoms with E-state index in [1.165, 1.54) is 35.3 Å². The van der Waals surface area contributed by atoms with E-state index in [4.69, 9.17) is 0 Å². The highest BCUT2D eigenvalue weighted by Crippen LogP contribution is 2.39. The van der Waals surface area contributed by atoms with E-state index in [0.29, 0.717) is 0 Å². The Kier molecular flexibility index (Phi) is 5.16. The van der Waals surface area contributed by atoms with Gasteiger partial charge in [0, 0.05) is 42.8 Å². The number of nitrogens with zero attached hydrogens (tertiary/aromatic N) is 2. The molecular formula is C23H24FN3. The molecule has 3 heterocycles. The molecule has 0 atom stereocenters. The Morgan fingerprint density at radius 3 is 2.52 bits per heavy atom. The van der Waals surface area contributed by atoms with Crippen LogP contribution in [0.25, 0.3) is 28.0 Å². The SMILES string of the molecule is CCCN1CC=C(c2c[nH]c(-c3ccc(F)cc3)c2-c2ccncc2)CC1. The van der Waals surface area contributed by atoms with Crippen LogP contribution in [0.2, 0.25) is 0 Å². The number of halogens is 1. The van der Waals surface area contributed by atoms with Gasteiger partial charge in [0.15, 0.2) is 0 Å². The molecule has 1 aliphatic rings. The van der Waals surface area contributed by atoms with Crippen LogP contribution in [0.5, 0.6) is 0 Å². The Morgan fingerprint density at radius 2 is 1.85 bits per heavy atom. The van der Waals surface area contributed by atoms with Crippen LogP contribution in [-0.4, -0.2) is 34.5 Å². The van der Waals surface area contributed by atoms with Crippen LogP contribution in [0, 0.1) is 5.82 Å². The van der Waals surface area contributed by atoms with Gasteiger partial charge < -0.3 is 4.98 Å². The molecule has 3 nitrogen and oxygen atoms in total. The van der Waals surface area contributed by atoms with E-state index in [1.807, 2.05) is 36.7 Å². The molecule has 2 aromatic heterocycles. The molecule has 3 aromatic rings. The first kappa shape index (κ1) is 17.7. The van der Waals surface area contributed by atoms with E-state index < -0.39 is 0 Å². The highest BCUT2D eigenvalue weighted by atomic mass is 19.1. The maximum Gasteiger partial charge on any atom is 0.123 e. The summed E-state index contributed by atoms with van der Waals surface area (Å²) < 4.78 is 13.4. The van der Waals surface area contributed by atoms with Gasteiger partial charge in [-0.1, -0.05) is 13.0 Å². The molecule has 0 unspecified atom stereocenters. The van der Waals surface area contributed by atoms with E-state index in [0.717, 1.165) is 42.9 Å². The summed E-state index contributed by atoms with van der Waals surface area (Å²) in [7, 11) is 0. The Bertz CT molecular complexity index is 926. The number of aromatic nitrogens is 2. The van der Waals surface area contributed by atoms with E-state index in [9.17, 15) is 4.39 Å². The first-order valence-electron chi connectivity index (χ1n) is 9.55. The van der Waals surface area contributed by atoms with E-state index in [1.54, 1.807) is 0 Å². The van der Waals surface area contributed by atoms with Crippen LogP contribution >= 0.6 is 0 Å². The van der Waals surface area contributed by atoms with Crippen LogP contribution in [0.4, 0.5) is 4.39 Å². The van der Waals surface area contributed by atoms with Gasteiger partial charge in [-0.2, -0.15) is 0 Å². The minimum atomic E-state index is -0.220. The zero-order chi connectivity index (χ0) is 18.6. The summed E-state index contributed by atoms with van der Waals surface area (Å²) >= 11 is 0. The van der Waals surface area contributed by atoms with Gasteiger partial charge in [0.1, 0.15) is 5.82 Å². The monoisotopic (exact) mass is 361 g/mol. The smallest absolute Gasteiger partial charge is 0.123 e. The standard InChI is InChI=1S/C23H24FN3/c1-2-13-27-14-9-17(10-15-27)21-16-26-23(19-3-5-20(24)6-4-19)22(21)18-7-11-25-12-8-18/h3-9,11-12,16,26H,2,10,13-15H2,1H3. The van der Waals surface area contributed by atoms with E-state index >= 15 is 0 Å². The zero-order valence-corrected chi connectivity index (χ0v) is 15.6. The third-order valence-corrected chi connectivity index (χ3v) is 5.16. The second kappa shape index (κ2) is 7.89. The molecule has 0 saturated heterocycles. The number of pyridine rings is 1. The summed E-state index contributed by atoms with van der Waals surface area (Å²) in [5.41, 5.74) is 6.90. The predicted octanol–water partition coefficient (Wildman–Crippen LogP) is 5.38. The molecule has 0 saturated carbocycles. The lowest BCUT2D eigenvalue weighted by Crippen LogP contribution is -2.29. The van der Waals surface area contributed by atoms with Crippen molar-refractivity contribution >= 4 is 5.57 Å². The molecule has 0 amide bonds. The van der Waals surface area contributed by atoms with Crippen LogP contribution in [0.3, 0.4) is 0 Å². The lowest BCUT2D eigenvalue weighted by molar-refractivity contribution is 0.302. The molecule has 0 fully saturated rings. The zero-order valence-electron chi connectivity index (χ0n) is 15.6. The molecule has 1 N–H and O–H groups in total. The fourth-order valence-electron chi connectivity index (χ4n) is 3.81. The number of rotatable bonds is 5. The van der Waals surface area contributed by atoms with Gasteiger partial charge >= 0.3 is 0 Å². The summed E-state index contributed by atoms with van der Waals surface area (Å²) in [5, 5.41) is 0. The maximum atomic E-state index is 13.4. The van der Waals surface area contributed by atoms with Crippen molar-refractivity contribution in [2.45, 2.75) is 19.8 Å². The number of hydrogen-bond acceptors (Lipinski definition) is 2. The van der Waals surface area contributed by atoms with Gasteiger partial charge in [0.05, 0.1) is 5.69 Å². The second-order valence-corrected chi connectivity index (χ2v) is 6.98. The molecule has 0 spiro atoms. The summed E-state index contributed by atoms with van der Waals surface area (Å²) in [6, 6.07) is 10.7. The highest BCUT2D eigenvalue weighted by molar-refractivity contribution is 5.91. The van der Waals surface area contributed by atoms with Gasteiger partial charge in [0.25, 0.3) is 0 Å². The van der Waals surface area contributed by atoms with E-state index in [-0.39, 0.29) is 5.82 Å². The summed E-state index contributed by atoms with van der Waals surface area (Å²) in [4.78, 5) is 10.1. The third kappa shape index (κ3) is 3.71. The molecule has 27 heavy (non-hydrogen) atoms. The Labute approximate surface area is 159 Å². The summed E-state index contributed by atoms with van der Waals surface area (Å²) in [5.74, 6) is -0.220. The first-order chi connectivity index (χ1) is 13.3. The predicted molar refractivity (Wildman–Crippen MR) is 109 cm³/mol. The van der Waals surface area contributed by atoms with Gasteiger partial charge in [0.2, 0.25) is 0 Å². The number of nitrogens with one attached hydrogen (secondary N) is 1. The van der Waals surface area contributed by atoms with Crippen molar-refractivity contribution < 1.29 is 4.39 Å². The molecule has 4 heteroatoms. The fraction of sp³-hybridized carbons (Fsp3) is 0.261. The Balaban J connectivity index is 1.78. The molecule has 0 radical (unpaired) electrons. The van der Waals surface area contributed by atoms with Gasteiger partial charge in [-0.25, -0.2) is 4.39 Å². The molecule has 0 bridgehead atoms. The van der Waals surface area contributed by atoms with Gasteiger partial charge in [-0.15, -0.1) is 0 Å². The minimum absolute atomic E-state index is 0.220. The average Bonchev–Trinajstić information content (AvgIpc) is 3.15. The Morgan fingerprint density at radius 1 is 1.07 bits per heavy atom. The Hall–Kier alpha value is -2.72. The quantitative estimate of drug-likeness (QED) is 0.661. The second-order valence-electron chi connectivity index (χ2n) is 6.98. The number of aromatic amines is 1. The minimum Gasteiger partial charge on any atom is -0.360 e. The number of H-pyrrole nitrogens is 1. The largest absolute Gasteiger partial charge is 0.360 e. The molecule has 0 aliphatic carbocycles. The van der Waals surface area contributed by atoms with Crippen molar-refractivity contribution in [1.29, 1.82) is 0 Å².